The molecule has 1 aliphatic rings. The van der Waals surface area contributed by atoms with Crippen molar-refractivity contribution in [3.63, 3.8) is 0 Å². The average Bonchev–Trinajstić information content (AvgIpc) is 2.45. The quantitative estimate of drug-likeness (QED) is 0.687. The van der Waals surface area contributed by atoms with Crippen LogP contribution in [-0.2, 0) is 0 Å². The third-order valence-corrected chi connectivity index (χ3v) is 3.65. The second-order valence-corrected chi connectivity index (χ2v) is 5.31. The fourth-order valence-electron chi connectivity index (χ4n) is 2.75. The van der Waals surface area contributed by atoms with Gasteiger partial charge in [-0.1, -0.05) is 20.3 Å². The first-order valence-corrected chi connectivity index (χ1v) is 5.89. The third-order valence-electron chi connectivity index (χ3n) is 3.65. The molecular weight excluding hydrogens is 174 g/mol. The van der Waals surface area contributed by atoms with Crippen LogP contribution in [0.15, 0.2) is 0 Å². The van der Waals surface area contributed by atoms with E-state index in [-0.39, 0.29) is 0 Å². The fourth-order valence-corrected chi connectivity index (χ4v) is 2.75. The highest BCUT2D eigenvalue weighted by Crippen LogP contribution is 2.39. The van der Waals surface area contributed by atoms with Crippen LogP contribution in [0.5, 0.6) is 0 Å². The van der Waals surface area contributed by atoms with Gasteiger partial charge in [0.15, 0.2) is 0 Å². The Labute approximate surface area is 88.3 Å². The molecule has 1 atom stereocenters. The maximum atomic E-state index is 8.73. The summed E-state index contributed by atoms with van der Waals surface area (Å²) in [5.74, 6) is 0. The molecule has 0 aromatic heterocycles. The zero-order chi connectivity index (χ0) is 10.6. The number of unbranched alkanes of at least 4 members (excludes halogenated alkanes) is 1. The summed E-state index contributed by atoms with van der Waals surface area (Å²) in [6.07, 6.45) is 6.16. The summed E-state index contributed by atoms with van der Waals surface area (Å²) in [6.45, 7) is 6.23. The highest BCUT2D eigenvalue weighted by atomic mass is 16.2. The molecule has 1 saturated carbocycles. The van der Waals surface area contributed by atoms with Crippen molar-refractivity contribution >= 4 is 0 Å². The Kier molecular flexibility index (Phi) is 4.39. The summed E-state index contributed by atoms with van der Waals surface area (Å²) in [5, 5.41) is 8.73. The van der Waals surface area contributed by atoms with E-state index in [9.17, 15) is 0 Å². The molecule has 0 aliphatic heterocycles. The van der Waals surface area contributed by atoms with E-state index in [4.69, 9.17) is 5.11 Å². The lowest BCUT2D eigenvalue weighted by atomic mass is 9.86. The second-order valence-electron chi connectivity index (χ2n) is 5.31. The predicted octanol–water partition coefficient (Wildman–Crippen LogP) is 2.27. The molecule has 1 fully saturated rings. The number of aliphatic hydroxyl groups is 1. The lowest BCUT2D eigenvalue weighted by Gasteiger charge is -2.35. The topological polar surface area (TPSA) is 23.5 Å². The highest BCUT2D eigenvalue weighted by Gasteiger charge is 2.36. The largest absolute Gasteiger partial charge is 0.396 e. The molecule has 14 heavy (non-hydrogen) atoms. The molecule has 2 heteroatoms. The van der Waals surface area contributed by atoms with E-state index in [0.29, 0.717) is 12.0 Å². The third kappa shape index (κ3) is 2.96. The molecule has 0 radical (unpaired) electrons. The van der Waals surface area contributed by atoms with E-state index in [1.54, 1.807) is 0 Å². The van der Waals surface area contributed by atoms with Crippen LogP contribution in [-0.4, -0.2) is 36.2 Å². The molecule has 0 bridgehead atoms. The molecule has 0 aromatic rings. The van der Waals surface area contributed by atoms with Crippen molar-refractivity contribution in [2.24, 2.45) is 5.41 Å². The minimum absolute atomic E-state index is 0.335. The number of rotatable bonds is 5. The van der Waals surface area contributed by atoms with Gasteiger partial charge in [0, 0.05) is 12.6 Å². The number of nitrogens with zero attached hydrogens (tertiary/aromatic N) is 1. The molecule has 1 unspecified atom stereocenters. The van der Waals surface area contributed by atoms with Crippen molar-refractivity contribution in [2.75, 3.05) is 20.2 Å². The summed E-state index contributed by atoms with van der Waals surface area (Å²) < 4.78 is 0. The Morgan fingerprint density at radius 3 is 2.57 bits per heavy atom. The lowest BCUT2D eigenvalue weighted by molar-refractivity contribution is 0.136. The van der Waals surface area contributed by atoms with Crippen LogP contribution in [0.4, 0.5) is 0 Å². The van der Waals surface area contributed by atoms with Gasteiger partial charge in [0.1, 0.15) is 0 Å². The minimum atomic E-state index is 0.335. The van der Waals surface area contributed by atoms with Crippen molar-refractivity contribution < 1.29 is 5.11 Å². The van der Waals surface area contributed by atoms with Crippen LogP contribution >= 0.6 is 0 Å². The molecule has 2 nitrogen and oxygen atoms in total. The van der Waals surface area contributed by atoms with Gasteiger partial charge >= 0.3 is 0 Å². The normalized spacial score (nSPS) is 25.9. The molecule has 0 aromatic carbocycles. The number of aliphatic hydroxyl groups excluding tert-OH is 1. The van der Waals surface area contributed by atoms with Crippen LogP contribution in [0.3, 0.4) is 0 Å². The highest BCUT2D eigenvalue weighted by molar-refractivity contribution is 4.90. The van der Waals surface area contributed by atoms with Gasteiger partial charge in [-0.15, -0.1) is 0 Å². The standard InChI is InChI=1S/C12H25NO/c1-12(2)8-6-7-11(12)13(3)9-4-5-10-14/h11,14H,4-10H2,1-3H3. The summed E-state index contributed by atoms with van der Waals surface area (Å²) in [7, 11) is 2.23. The van der Waals surface area contributed by atoms with Crippen LogP contribution in [0.1, 0.15) is 46.0 Å². The smallest absolute Gasteiger partial charge is 0.0431 e. The first kappa shape index (κ1) is 12.0. The number of hydrogen-bond donors (Lipinski definition) is 1. The van der Waals surface area contributed by atoms with Gasteiger partial charge in [-0.3, -0.25) is 0 Å². The van der Waals surface area contributed by atoms with Gasteiger partial charge in [0.05, 0.1) is 0 Å². The van der Waals surface area contributed by atoms with Gasteiger partial charge in [-0.25, -0.2) is 0 Å². The second kappa shape index (κ2) is 5.13. The summed E-state index contributed by atoms with van der Waals surface area (Å²) in [4.78, 5) is 2.49. The van der Waals surface area contributed by atoms with Gasteiger partial charge in [-0.2, -0.15) is 0 Å². The Hall–Kier alpha value is -0.0800. The van der Waals surface area contributed by atoms with Gasteiger partial charge in [0.25, 0.3) is 0 Å². The average molecular weight is 199 g/mol. The van der Waals surface area contributed by atoms with Gasteiger partial charge in [0.2, 0.25) is 0 Å². The van der Waals surface area contributed by atoms with Crippen molar-refractivity contribution in [2.45, 2.75) is 52.0 Å². The maximum Gasteiger partial charge on any atom is 0.0431 e. The molecule has 1 rings (SSSR count). The Morgan fingerprint density at radius 2 is 2.07 bits per heavy atom. The van der Waals surface area contributed by atoms with Crippen molar-refractivity contribution in [3.05, 3.63) is 0 Å². The van der Waals surface area contributed by atoms with Crippen LogP contribution in [0.2, 0.25) is 0 Å². The molecule has 0 amide bonds. The van der Waals surface area contributed by atoms with Crippen LogP contribution < -0.4 is 0 Å². The minimum Gasteiger partial charge on any atom is -0.396 e. The van der Waals surface area contributed by atoms with E-state index in [0.717, 1.165) is 25.4 Å². The van der Waals surface area contributed by atoms with Crippen molar-refractivity contribution in [3.8, 4) is 0 Å². The molecule has 1 N–H and O–H groups in total. The summed E-state index contributed by atoms with van der Waals surface area (Å²) in [6, 6.07) is 0.751. The first-order chi connectivity index (χ1) is 6.58. The molecule has 0 saturated heterocycles. The van der Waals surface area contributed by atoms with E-state index in [2.05, 4.69) is 25.8 Å². The van der Waals surface area contributed by atoms with Gasteiger partial charge in [-0.05, 0) is 44.7 Å². The van der Waals surface area contributed by atoms with E-state index in [1.165, 1.54) is 19.3 Å². The zero-order valence-electron chi connectivity index (χ0n) is 9.92. The van der Waals surface area contributed by atoms with Crippen molar-refractivity contribution in [1.82, 2.24) is 4.90 Å². The molecule has 84 valence electrons. The zero-order valence-corrected chi connectivity index (χ0v) is 9.92. The van der Waals surface area contributed by atoms with Gasteiger partial charge < -0.3 is 10.0 Å². The molecule has 1 aliphatic carbocycles. The van der Waals surface area contributed by atoms with E-state index < -0.39 is 0 Å². The number of hydrogen-bond acceptors (Lipinski definition) is 2. The van der Waals surface area contributed by atoms with E-state index >= 15 is 0 Å². The molecular formula is C12H25NO. The summed E-state index contributed by atoms with van der Waals surface area (Å²) >= 11 is 0. The Balaban J connectivity index is 2.32. The monoisotopic (exact) mass is 199 g/mol. The predicted molar refractivity (Wildman–Crippen MR) is 60.4 cm³/mol. The Morgan fingerprint density at radius 1 is 1.36 bits per heavy atom. The SMILES string of the molecule is CN(CCCCO)C1CCCC1(C)C. The fraction of sp³-hybridized carbons (Fsp3) is 1.00. The molecule has 0 heterocycles. The van der Waals surface area contributed by atoms with Crippen LogP contribution in [0.25, 0.3) is 0 Å². The van der Waals surface area contributed by atoms with E-state index in [1.807, 2.05) is 0 Å². The lowest BCUT2D eigenvalue weighted by Crippen LogP contribution is -2.39. The first-order valence-electron chi connectivity index (χ1n) is 5.89. The summed E-state index contributed by atoms with van der Waals surface area (Å²) in [5.41, 5.74) is 0.494. The molecule has 0 spiro atoms. The van der Waals surface area contributed by atoms with Crippen LogP contribution in [0, 0.1) is 5.41 Å². The maximum absolute atomic E-state index is 8.73. The van der Waals surface area contributed by atoms with Crippen molar-refractivity contribution in [1.29, 1.82) is 0 Å². The Bertz CT molecular complexity index is 168.